The SMILES string of the molecule is CCOC(=O)[C@@]12CCC(=O)N1C/C(=C/F)C2. The molecule has 0 aliphatic carbocycles. The Morgan fingerprint density at radius 1 is 1.69 bits per heavy atom. The van der Waals surface area contributed by atoms with Gasteiger partial charge in [0.25, 0.3) is 0 Å². The van der Waals surface area contributed by atoms with Crippen LogP contribution in [0.2, 0.25) is 0 Å². The maximum absolute atomic E-state index is 12.5. The lowest BCUT2D eigenvalue weighted by atomic mass is 9.93. The summed E-state index contributed by atoms with van der Waals surface area (Å²) in [7, 11) is 0. The predicted molar refractivity (Wildman–Crippen MR) is 54.1 cm³/mol. The summed E-state index contributed by atoms with van der Waals surface area (Å²) >= 11 is 0. The monoisotopic (exact) mass is 227 g/mol. The van der Waals surface area contributed by atoms with Crippen molar-refractivity contribution in [2.24, 2.45) is 0 Å². The number of hydrogen-bond donors (Lipinski definition) is 0. The largest absolute Gasteiger partial charge is 0.464 e. The van der Waals surface area contributed by atoms with E-state index in [1.54, 1.807) is 6.92 Å². The molecular weight excluding hydrogens is 213 g/mol. The van der Waals surface area contributed by atoms with Gasteiger partial charge in [0.15, 0.2) is 0 Å². The number of nitrogens with zero attached hydrogens (tertiary/aromatic N) is 1. The highest BCUT2D eigenvalue weighted by atomic mass is 19.1. The summed E-state index contributed by atoms with van der Waals surface area (Å²) in [5, 5.41) is 0. The molecule has 0 bridgehead atoms. The number of rotatable bonds is 2. The Morgan fingerprint density at radius 2 is 2.44 bits per heavy atom. The van der Waals surface area contributed by atoms with Crippen molar-refractivity contribution in [1.29, 1.82) is 0 Å². The Morgan fingerprint density at radius 3 is 3.06 bits per heavy atom. The number of carbonyl (C=O) groups excluding carboxylic acids is 2. The standard InChI is InChI=1S/C11H14FNO3/c1-2-16-10(15)11-4-3-9(14)13(11)7-8(5-11)6-12/h6H,2-5,7H2,1H3/b8-6+/t11-/m0/s1. The van der Waals surface area contributed by atoms with E-state index in [-0.39, 0.29) is 25.5 Å². The molecule has 2 saturated heterocycles. The molecule has 4 nitrogen and oxygen atoms in total. The summed E-state index contributed by atoms with van der Waals surface area (Å²) in [6.07, 6.45) is 1.54. The molecule has 0 unspecified atom stereocenters. The van der Waals surface area contributed by atoms with Gasteiger partial charge in [-0.3, -0.25) is 4.79 Å². The van der Waals surface area contributed by atoms with Crippen LogP contribution in [0, 0.1) is 0 Å². The Kier molecular flexibility index (Phi) is 2.69. The van der Waals surface area contributed by atoms with E-state index in [1.807, 2.05) is 0 Å². The van der Waals surface area contributed by atoms with Gasteiger partial charge in [-0.2, -0.15) is 0 Å². The first kappa shape index (κ1) is 11.1. The number of carbonyl (C=O) groups is 2. The summed E-state index contributed by atoms with van der Waals surface area (Å²) in [4.78, 5) is 24.9. The van der Waals surface area contributed by atoms with Crippen molar-refractivity contribution in [3.63, 3.8) is 0 Å². The lowest BCUT2D eigenvalue weighted by Gasteiger charge is -2.28. The number of fused-ring (bicyclic) bond motifs is 1. The summed E-state index contributed by atoms with van der Waals surface area (Å²) in [6.45, 7) is 2.21. The van der Waals surface area contributed by atoms with E-state index in [9.17, 15) is 14.0 Å². The van der Waals surface area contributed by atoms with Gasteiger partial charge >= 0.3 is 5.97 Å². The Bertz CT molecular complexity index is 366. The van der Waals surface area contributed by atoms with Gasteiger partial charge in [0.2, 0.25) is 5.91 Å². The zero-order valence-electron chi connectivity index (χ0n) is 9.16. The van der Waals surface area contributed by atoms with Gasteiger partial charge in [-0.25, -0.2) is 9.18 Å². The number of ether oxygens (including phenoxy) is 1. The Hall–Kier alpha value is -1.39. The Balaban J connectivity index is 2.29. The van der Waals surface area contributed by atoms with Gasteiger partial charge in [-0.05, 0) is 18.9 Å². The van der Waals surface area contributed by atoms with Crippen molar-refractivity contribution in [2.75, 3.05) is 13.2 Å². The van der Waals surface area contributed by atoms with E-state index in [0.29, 0.717) is 24.7 Å². The molecule has 1 atom stereocenters. The highest BCUT2D eigenvalue weighted by molar-refractivity contribution is 5.93. The van der Waals surface area contributed by atoms with Gasteiger partial charge in [0, 0.05) is 19.4 Å². The average molecular weight is 227 g/mol. The highest BCUT2D eigenvalue weighted by Gasteiger charge is 2.56. The van der Waals surface area contributed by atoms with Gasteiger partial charge in [0.05, 0.1) is 12.9 Å². The number of halogens is 1. The molecule has 1 amide bonds. The lowest BCUT2D eigenvalue weighted by molar-refractivity contribution is -0.157. The smallest absolute Gasteiger partial charge is 0.332 e. The average Bonchev–Trinajstić information content (AvgIpc) is 2.78. The van der Waals surface area contributed by atoms with E-state index < -0.39 is 11.5 Å². The van der Waals surface area contributed by atoms with Crippen LogP contribution in [0.15, 0.2) is 11.9 Å². The molecule has 0 spiro atoms. The molecule has 2 fully saturated rings. The van der Waals surface area contributed by atoms with Crippen LogP contribution in [-0.4, -0.2) is 35.5 Å². The lowest BCUT2D eigenvalue weighted by Crippen LogP contribution is -2.48. The third-order valence-corrected chi connectivity index (χ3v) is 3.26. The normalized spacial score (nSPS) is 31.0. The first-order valence-electron chi connectivity index (χ1n) is 5.40. The predicted octanol–water partition coefficient (Wildman–Crippen LogP) is 1.17. The number of esters is 1. The summed E-state index contributed by atoms with van der Waals surface area (Å²) in [6, 6.07) is 0. The summed E-state index contributed by atoms with van der Waals surface area (Å²) in [5.41, 5.74) is -0.438. The van der Waals surface area contributed by atoms with Gasteiger partial charge in [0.1, 0.15) is 5.54 Å². The van der Waals surface area contributed by atoms with Crippen LogP contribution in [0.25, 0.3) is 0 Å². The molecule has 0 aromatic rings. The molecule has 5 heteroatoms. The van der Waals surface area contributed by atoms with Crippen molar-refractivity contribution < 1.29 is 18.7 Å². The second kappa shape index (κ2) is 3.88. The molecule has 2 aliphatic heterocycles. The van der Waals surface area contributed by atoms with E-state index in [4.69, 9.17) is 4.74 Å². The van der Waals surface area contributed by atoms with Crippen molar-refractivity contribution >= 4 is 11.9 Å². The molecule has 0 N–H and O–H groups in total. The fourth-order valence-electron chi connectivity index (χ4n) is 2.50. The Labute approximate surface area is 93.0 Å². The number of hydrogen-bond acceptors (Lipinski definition) is 3. The molecule has 0 radical (unpaired) electrons. The molecule has 16 heavy (non-hydrogen) atoms. The fraction of sp³-hybridized carbons (Fsp3) is 0.636. The molecule has 2 rings (SSSR count). The third-order valence-electron chi connectivity index (χ3n) is 3.26. The minimum Gasteiger partial charge on any atom is -0.464 e. The zero-order valence-corrected chi connectivity index (χ0v) is 9.16. The first-order valence-corrected chi connectivity index (χ1v) is 5.40. The van der Waals surface area contributed by atoms with Crippen LogP contribution in [0.4, 0.5) is 4.39 Å². The summed E-state index contributed by atoms with van der Waals surface area (Å²) < 4.78 is 17.5. The van der Waals surface area contributed by atoms with E-state index >= 15 is 0 Å². The molecule has 0 aromatic heterocycles. The van der Waals surface area contributed by atoms with Crippen molar-refractivity contribution in [1.82, 2.24) is 4.90 Å². The van der Waals surface area contributed by atoms with Crippen LogP contribution in [-0.2, 0) is 14.3 Å². The van der Waals surface area contributed by atoms with Crippen molar-refractivity contribution in [2.45, 2.75) is 31.7 Å². The molecule has 2 aliphatic rings. The molecule has 2 heterocycles. The first-order chi connectivity index (χ1) is 7.64. The fourth-order valence-corrected chi connectivity index (χ4v) is 2.50. The van der Waals surface area contributed by atoms with E-state index in [1.165, 1.54) is 4.90 Å². The quantitative estimate of drug-likeness (QED) is 0.665. The van der Waals surface area contributed by atoms with Crippen molar-refractivity contribution in [3.05, 3.63) is 11.9 Å². The number of amides is 1. The van der Waals surface area contributed by atoms with Crippen LogP contribution in [0.5, 0.6) is 0 Å². The second-order valence-electron chi connectivity index (χ2n) is 4.18. The molecule has 0 aromatic carbocycles. The summed E-state index contributed by atoms with van der Waals surface area (Å²) in [5.74, 6) is -0.498. The van der Waals surface area contributed by atoms with Crippen LogP contribution < -0.4 is 0 Å². The van der Waals surface area contributed by atoms with Crippen LogP contribution in [0.1, 0.15) is 26.2 Å². The van der Waals surface area contributed by atoms with E-state index in [0.717, 1.165) is 0 Å². The third kappa shape index (κ3) is 1.42. The molecule has 0 saturated carbocycles. The van der Waals surface area contributed by atoms with Gasteiger partial charge in [-0.15, -0.1) is 0 Å². The maximum Gasteiger partial charge on any atom is 0.332 e. The second-order valence-corrected chi connectivity index (χ2v) is 4.18. The topological polar surface area (TPSA) is 46.6 Å². The van der Waals surface area contributed by atoms with E-state index in [2.05, 4.69) is 0 Å². The van der Waals surface area contributed by atoms with Gasteiger partial charge < -0.3 is 9.64 Å². The minimum absolute atomic E-state index is 0.0927. The van der Waals surface area contributed by atoms with Crippen LogP contribution in [0.3, 0.4) is 0 Å². The zero-order chi connectivity index (χ0) is 11.8. The highest BCUT2D eigenvalue weighted by Crippen LogP contribution is 2.42. The maximum atomic E-state index is 12.5. The molecule has 88 valence electrons. The van der Waals surface area contributed by atoms with Crippen LogP contribution >= 0.6 is 0 Å². The van der Waals surface area contributed by atoms with Crippen molar-refractivity contribution in [3.8, 4) is 0 Å². The minimum atomic E-state index is -0.926. The van der Waals surface area contributed by atoms with Gasteiger partial charge in [-0.1, -0.05) is 0 Å². The molecular formula is C11H14FNO3.